The summed E-state index contributed by atoms with van der Waals surface area (Å²) < 4.78 is 91.3. The third-order valence-electron chi connectivity index (χ3n) is 10.3. The number of fused-ring (bicyclic) bond motifs is 4. The first-order valence-corrected chi connectivity index (χ1v) is 16.6. The number of hydrogen-bond acceptors (Lipinski definition) is 8. The number of halogens is 6. The number of likely N-dealkylation sites (tertiary alicyclic amines) is 1. The number of rotatable bonds is 7. The molecule has 1 unspecified atom stereocenters. The minimum atomic E-state index is -5.06. The van der Waals surface area contributed by atoms with Crippen molar-refractivity contribution in [3.05, 3.63) is 65.9 Å². The first-order chi connectivity index (χ1) is 24.8. The van der Waals surface area contributed by atoms with Crippen LogP contribution >= 0.6 is 0 Å². The van der Waals surface area contributed by atoms with Gasteiger partial charge in [-0.25, -0.2) is 22.8 Å². The van der Waals surface area contributed by atoms with Crippen LogP contribution in [0.25, 0.3) is 44.0 Å². The van der Waals surface area contributed by atoms with E-state index in [9.17, 15) is 18.8 Å². The first kappa shape index (κ1) is 35.1. The highest BCUT2D eigenvalue weighted by Gasteiger charge is 2.44. The van der Waals surface area contributed by atoms with E-state index in [-0.39, 0.29) is 75.6 Å². The van der Waals surface area contributed by atoms with Crippen LogP contribution in [0.3, 0.4) is 0 Å². The maximum absolute atomic E-state index is 17.2. The number of piperidine rings is 1. The zero-order chi connectivity index (χ0) is 37.1. The van der Waals surface area contributed by atoms with Gasteiger partial charge in [-0.3, -0.25) is 9.78 Å². The average Bonchev–Trinajstić information content (AvgIpc) is 3.55. The molecule has 2 aliphatic heterocycles. The number of allylic oxidation sites excluding steroid dienone is 1. The lowest BCUT2D eigenvalue weighted by molar-refractivity contribution is -0.137. The van der Waals surface area contributed by atoms with Crippen molar-refractivity contribution in [2.24, 2.45) is 0 Å². The molecule has 5 heterocycles. The van der Waals surface area contributed by atoms with Crippen LogP contribution in [-0.2, 0) is 11.0 Å². The third kappa shape index (κ3) is 5.76. The molecule has 0 radical (unpaired) electrons. The van der Waals surface area contributed by atoms with E-state index in [1.807, 2.05) is 30.8 Å². The Kier molecular flexibility index (Phi) is 8.80. The largest absolute Gasteiger partial charge is 0.417 e. The fourth-order valence-electron chi connectivity index (χ4n) is 7.38. The fraction of sp³-hybridized carbons (Fsp3) is 0.389. The molecule has 3 aromatic heterocycles. The monoisotopic (exact) mass is 721 g/mol. The van der Waals surface area contributed by atoms with E-state index in [1.54, 1.807) is 0 Å². The number of carbonyl (C=O) groups excluding carboxylic acids is 1. The van der Waals surface area contributed by atoms with Crippen molar-refractivity contribution in [2.45, 2.75) is 50.0 Å². The predicted octanol–water partition coefficient (Wildman–Crippen LogP) is 6.60. The van der Waals surface area contributed by atoms with E-state index in [1.165, 1.54) is 27.9 Å². The van der Waals surface area contributed by atoms with Gasteiger partial charge >= 0.3 is 6.18 Å². The molecular weight excluding hydrogens is 688 g/mol. The molecule has 0 saturated carbocycles. The van der Waals surface area contributed by atoms with Crippen molar-refractivity contribution in [2.75, 3.05) is 45.3 Å². The Morgan fingerprint density at radius 1 is 1.13 bits per heavy atom. The van der Waals surface area contributed by atoms with E-state index in [0.29, 0.717) is 13.1 Å². The van der Waals surface area contributed by atoms with Crippen LogP contribution in [0.1, 0.15) is 37.8 Å². The Bertz CT molecular complexity index is 2290. The summed E-state index contributed by atoms with van der Waals surface area (Å²) in [5.41, 5.74) is -2.87. The van der Waals surface area contributed by atoms with Gasteiger partial charge in [0.2, 0.25) is 5.91 Å². The van der Waals surface area contributed by atoms with E-state index < -0.39 is 53.6 Å². The molecule has 2 atom stereocenters. The van der Waals surface area contributed by atoms with Gasteiger partial charge in [-0.15, -0.1) is 5.10 Å². The van der Waals surface area contributed by atoms with E-state index in [0.717, 1.165) is 30.4 Å². The van der Waals surface area contributed by atoms with E-state index in [2.05, 4.69) is 26.3 Å². The molecular formula is C36H33F6N9O. The highest BCUT2D eigenvalue weighted by molar-refractivity contribution is 6.09. The van der Waals surface area contributed by atoms with Crippen LogP contribution in [-0.4, -0.2) is 92.7 Å². The number of nitriles is 1. The summed E-state index contributed by atoms with van der Waals surface area (Å²) in [5, 5.41) is 18.1. The Labute approximate surface area is 293 Å². The summed E-state index contributed by atoms with van der Waals surface area (Å²) in [5.74, 6) is -2.22. The standard InChI is InChI=1S/C36H33F6N9O/c1-35(48(2)3)18-49(19-35)34-32-33(51(47-46-32)21-11-15-50(20(16-21)10-13-43)27(52)7-4-12-37)24-17-25(36(40,41)42)28(29(39)31(24)45-34)23-8-9-26(38)22-6-5-14-44-30(22)23/h4-9,14,17,20-21H,10-12,15-16,18-19H2,1-3H3/b7-4+/t20?,21-/m0/s1. The number of pyridine rings is 2. The van der Waals surface area contributed by atoms with Gasteiger partial charge in [0.05, 0.1) is 35.2 Å². The number of likely N-dealkylation sites (N-methyl/N-ethyl adjacent to an activating group) is 1. The molecule has 16 heteroatoms. The Morgan fingerprint density at radius 2 is 1.90 bits per heavy atom. The van der Waals surface area contributed by atoms with Crippen molar-refractivity contribution in [1.29, 1.82) is 5.26 Å². The molecule has 0 spiro atoms. The number of anilines is 1. The van der Waals surface area contributed by atoms with Crippen LogP contribution in [0.4, 0.5) is 32.2 Å². The normalized spacial score (nSPS) is 19.2. The minimum Gasteiger partial charge on any atom is -0.351 e. The predicted molar refractivity (Wildman–Crippen MR) is 182 cm³/mol. The first-order valence-electron chi connectivity index (χ1n) is 16.6. The fourth-order valence-corrected chi connectivity index (χ4v) is 7.38. The van der Waals surface area contributed by atoms with Gasteiger partial charge in [0, 0.05) is 59.8 Å². The SMILES string of the molecule is CN(C)C1(C)CN(c2nc3c(F)c(-c4ccc(F)c5cccnc45)c(C(F)(F)F)cc3c3c2nnn3[C@H]2CCN(C(=O)/C=C/CF)C(CC#N)C2)C1. The van der Waals surface area contributed by atoms with E-state index >= 15 is 17.6 Å². The quantitative estimate of drug-likeness (QED) is 0.137. The van der Waals surface area contributed by atoms with Gasteiger partial charge in [0.25, 0.3) is 0 Å². The second-order valence-electron chi connectivity index (χ2n) is 13.7. The second-order valence-corrected chi connectivity index (χ2v) is 13.7. The zero-order valence-corrected chi connectivity index (χ0v) is 28.4. The van der Waals surface area contributed by atoms with Crippen LogP contribution < -0.4 is 4.90 Å². The molecule has 2 aromatic carbocycles. The maximum atomic E-state index is 17.2. The summed E-state index contributed by atoms with van der Waals surface area (Å²) >= 11 is 0. The molecule has 0 bridgehead atoms. The number of carbonyl (C=O) groups is 1. The minimum absolute atomic E-state index is 0.0569. The summed E-state index contributed by atoms with van der Waals surface area (Å²) in [6.45, 7) is 2.26. The molecule has 1 amide bonds. The highest BCUT2D eigenvalue weighted by atomic mass is 19.4. The molecule has 10 nitrogen and oxygen atoms in total. The van der Waals surface area contributed by atoms with Crippen molar-refractivity contribution in [3.63, 3.8) is 0 Å². The molecule has 52 heavy (non-hydrogen) atoms. The molecule has 0 aliphatic carbocycles. The molecule has 7 rings (SSSR count). The number of alkyl halides is 4. The van der Waals surface area contributed by atoms with Crippen LogP contribution in [0, 0.1) is 23.0 Å². The second kappa shape index (κ2) is 13.0. The summed E-state index contributed by atoms with van der Waals surface area (Å²) in [7, 11) is 3.84. The number of aromatic nitrogens is 5. The lowest BCUT2D eigenvalue weighted by atomic mass is 9.90. The molecule has 2 saturated heterocycles. The lowest BCUT2D eigenvalue weighted by Gasteiger charge is -2.52. The van der Waals surface area contributed by atoms with Crippen LogP contribution in [0.15, 0.2) is 48.7 Å². The van der Waals surface area contributed by atoms with Crippen molar-refractivity contribution < 1.29 is 31.1 Å². The van der Waals surface area contributed by atoms with Gasteiger partial charge in [0.15, 0.2) is 17.2 Å². The van der Waals surface area contributed by atoms with Gasteiger partial charge in [-0.05, 0) is 70.3 Å². The van der Waals surface area contributed by atoms with Gasteiger partial charge < -0.3 is 14.7 Å². The molecule has 5 aromatic rings. The zero-order valence-electron chi connectivity index (χ0n) is 28.4. The Hall–Kier alpha value is -5.30. The third-order valence-corrected chi connectivity index (χ3v) is 10.3. The number of benzene rings is 2. The van der Waals surface area contributed by atoms with Crippen molar-refractivity contribution >= 4 is 44.6 Å². The highest BCUT2D eigenvalue weighted by Crippen LogP contribution is 2.46. The number of nitrogens with zero attached hydrogens (tertiary/aromatic N) is 9. The van der Waals surface area contributed by atoms with Gasteiger partial charge in [-0.2, -0.15) is 18.4 Å². The summed E-state index contributed by atoms with van der Waals surface area (Å²) in [6.07, 6.45) is -1.19. The smallest absolute Gasteiger partial charge is 0.351 e. The van der Waals surface area contributed by atoms with Gasteiger partial charge in [-0.1, -0.05) is 5.21 Å². The molecule has 0 N–H and O–H groups in total. The topological polar surface area (TPSA) is 107 Å². The Morgan fingerprint density at radius 3 is 2.60 bits per heavy atom. The van der Waals surface area contributed by atoms with Gasteiger partial charge in [0.1, 0.15) is 23.5 Å². The average molecular weight is 722 g/mol. The van der Waals surface area contributed by atoms with E-state index in [4.69, 9.17) is 0 Å². The van der Waals surface area contributed by atoms with Crippen molar-refractivity contribution in [3.8, 4) is 17.2 Å². The number of hydrogen-bond donors (Lipinski definition) is 0. The number of amides is 1. The Balaban J connectivity index is 1.47. The molecule has 2 aliphatic rings. The van der Waals surface area contributed by atoms with Crippen LogP contribution in [0.5, 0.6) is 0 Å². The molecule has 2 fully saturated rings. The maximum Gasteiger partial charge on any atom is 0.417 e. The summed E-state index contributed by atoms with van der Waals surface area (Å²) in [4.78, 5) is 27.0. The van der Waals surface area contributed by atoms with Crippen molar-refractivity contribution in [1.82, 2.24) is 34.8 Å². The summed E-state index contributed by atoms with van der Waals surface area (Å²) in [6, 6.07) is 6.60. The lowest BCUT2D eigenvalue weighted by Crippen LogP contribution is -2.67. The van der Waals surface area contributed by atoms with Crippen LogP contribution in [0.2, 0.25) is 0 Å². The molecule has 270 valence electrons.